The molecule has 8 heteroatoms. The summed E-state index contributed by atoms with van der Waals surface area (Å²) in [6.07, 6.45) is 7.07. The molecule has 0 saturated heterocycles. The lowest BCUT2D eigenvalue weighted by Crippen LogP contribution is -2.09. The van der Waals surface area contributed by atoms with Crippen LogP contribution in [-0.4, -0.2) is 25.9 Å². The molecule has 6 nitrogen and oxygen atoms in total. The summed E-state index contributed by atoms with van der Waals surface area (Å²) in [6.45, 7) is 3.15. The minimum Gasteiger partial charge on any atom is -0.470 e. The highest BCUT2D eigenvalue weighted by Gasteiger charge is 2.21. The van der Waals surface area contributed by atoms with Crippen molar-refractivity contribution in [1.29, 1.82) is 0 Å². The zero-order valence-electron chi connectivity index (χ0n) is 16.7. The van der Waals surface area contributed by atoms with Crippen LogP contribution < -0.4 is 4.74 Å². The summed E-state index contributed by atoms with van der Waals surface area (Å²) in [5.74, 6) is -1.34. The van der Waals surface area contributed by atoms with E-state index in [1.54, 1.807) is 30.6 Å². The quantitative estimate of drug-likeness (QED) is 0.537. The first-order valence-electron chi connectivity index (χ1n) is 9.60. The van der Waals surface area contributed by atoms with Crippen molar-refractivity contribution in [3.8, 4) is 5.88 Å². The SMILES string of the molecule is Cc1cn2c(C(=O)CCC3=NC=CC3)c(C)nc2c(OCc2c(F)cccc2F)n1. The van der Waals surface area contributed by atoms with Crippen LogP contribution in [0.3, 0.4) is 0 Å². The van der Waals surface area contributed by atoms with E-state index in [1.165, 1.54) is 18.2 Å². The number of imidazole rings is 1. The molecule has 3 heterocycles. The molecule has 3 aromatic rings. The Kier molecular flexibility index (Phi) is 5.39. The number of aliphatic imine (C=N–C) groups is 1. The van der Waals surface area contributed by atoms with Gasteiger partial charge in [0.25, 0.3) is 5.88 Å². The van der Waals surface area contributed by atoms with Crippen molar-refractivity contribution >= 4 is 17.1 Å². The van der Waals surface area contributed by atoms with Crippen LogP contribution in [0.5, 0.6) is 5.88 Å². The Morgan fingerprint density at radius 1 is 1.20 bits per heavy atom. The third-order valence-corrected chi connectivity index (χ3v) is 4.91. The second-order valence-corrected chi connectivity index (χ2v) is 7.12. The lowest BCUT2D eigenvalue weighted by atomic mass is 10.1. The van der Waals surface area contributed by atoms with Gasteiger partial charge >= 0.3 is 0 Å². The number of ketones is 1. The number of ether oxygens (including phenoxy) is 1. The van der Waals surface area contributed by atoms with Gasteiger partial charge in [0.2, 0.25) is 5.65 Å². The predicted molar refractivity (Wildman–Crippen MR) is 108 cm³/mol. The number of hydrogen-bond acceptors (Lipinski definition) is 5. The summed E-state index contributed by atoms with van der Waals surface area (Å²) in [4.78, 5) is 25.9. The molecule has 1 aliphatic rings. The Morgan fingerprint density at radius 3 is 2.67 bits per heavy atom. The molecule has 154 valence electrons. The summed E-state index contributed by atoms with van der Waals surface area (Å²) in [7, 11) is 0. The Bertz CT molecular complexity index is 1180. The van der Waals surface area contributed by atoms with Gasteiger partial charge in [0.15, 0.2) is 5.78 Å². The van der Waals surface area contributed by atoms with Gasteiger partial charge in [-0.1, -0.05) is 12.1 Å². The van der Waals surface area contributed by atoms with E-state index in [4.69, 9.17) is 4.74 Å². The van der Waals surface area contributed by atoms with Gasteiger partial charge in [-0.15, -0.1) is 0 Å². The van der Waals surface area contributed by atoms with E-state index in [-0.39, 0.29) is 23.8 Å². The number of fused-ring (bicyclic) bond motifs is 1. The smallest absolute Gasteiger partial charge is 0.258 e. The maximum Gasteiger partial charge on any atom is 0.258 e. The van der Waals surface area contributed by atoms with Crippen molar-refractivity contribution in [3.05, 3.63) is 71.0 Å². The summed E-state index contributed by atoms with van der Waals surface area (Å²) >= 11 is 0. The minimum absolute atomic E-state index is 0.0636. The highest BCUT2D eigenvalue weighted by Crippen LogP contribution is 2.24. The van der Waals surface area contributed by atoms with Crippen LogP contribution in [-0.2, 0) is 6.61 Å². The molecule has 0 aliphatic carbocycles. The van der Waals surface area contributed by atoms with E-state index in [2.05, 4.69) is 15.0 Å². The largest absolute Gasteiger partial charge is 0.470 e. The Labute approximate surface area is 172 Å². The Balaban J connectivity index is 1.62. The fourth-order valence-electron chi connectivity index (χ4n) is 3.43. The molecular weight excluding hydrogens is 390 g/mol. The summed E-state index contributed by atoms with van der Waals surface area (Å²) in [5, 5.41) is 0. The van der Waals surface area contributed by atoms with Gasteiger partial charge in [-0.05, 0) is 32.4 Å². The van der Waals surface area contributed by atoms with E-state index in [0.29, 0.717) is 35.6 Å². The highest BCUT2D eigenvalue weighted by atomic mass is 19.1. The van der Waals surface area contributed by atoms with E-state index in [0.717, 1.165) is 12.1 Å². The van der Waals surface area contributed by atoms with Crippen molar-refractivity contribution < 1.29 is 18.3 Å². The topological polar surface area (TPSA) is 68.9 Å². The fraction of sp³-hybridized carbons (Fsp3) is 0.273. The summed E-state index contributed by atoms with van der Waals surface area (Å²) in [6, 6.07) is 3.63. The molecule has 0 atom stereocenters. The highest BCUT2D eigenvalue weighted by molar-refractivity contribution is 6.00. The van der Waals surface area contributed by atoms with Gasteiger partial charge in [0, 0.05) is 31.0 Å². The first kappa shape index (κ1) is 19.9. The van der Waals surface area contributed by atoms with Gasteiger partial charge in [0.05, 0.1) is 17.0 Å². The van der Waals surface area contributed by atoms with Crippen LogP contribution in [0.25, 0.3) is 5.65 Å². The van der Waals surface area contributed by atoms with Crippen LogP contribution in [0.1, 0.15) is 46.7 Å². The minimum atomic E-state index is -0.696. The van der Waals surface area contributed by atoms with E-state index >= 15 is 0 Å². The van der Waals surface area contributed by atoms with Gasteiger partial charge in [0.1, 0.15) is 23.9 Å². The molecule has 0 radical (unpaired) electrons. The second-order valence-electron chi connectivity index (χ2n) is 7.12. The maximum absolute atomic E-state index is 13.9. The molecule has 1 aliphatic heterocycles. The zero-order chi connectivity index (χ0) is 21.3. The maximum atomic E-state index is 13.9. The molecule has 0 spiro atoms. The van der Waals surface area contributed by atoms with Gasteiger partial charge in [-0.25, -0.2) is 18.7 Å². The average Bonchev–Trinajstić information content (AvgIpc) is 3.33. The van der Waals surface area contributed by atoms with E-state index in [9.17, 15) is 13.6 Å². The predicted octanol–water partition coefficient (Wildman–Crippen LogP) is 4.52. The Morgan fingerprint density at radius 2 is 1.97 bits per heavy atom. The first-order chi connectivity index (χ1) is 14.4. The van der Waals surface area contributed by atoms with Gasteiger partial charge < -0.3 is 4.74 Å². The molecule has 0 amide bonds. The molecule has 30 heavy (non-hydrogen) atoms. The monoisotopic (exact) mass is 410 g/mol. The van der Waals surface area contributed by atoms with Crippen molar-refractivity contribution in [3.63, 3.8) is 0 Å². The van der Waals surface area contributed by atoms with Crippen LogP contribution >= 0.6 is 0 Å². The van der Waals surface area contributed by atoms with Gasteiger partial charge in [-0.2, -0.15) is 0 Å². The fourth-order valence-corrected chi connectivity index (χ4v) is 3.43. The molecule has 0 fully saturated rings. The van der Waals surface area contributed by atoms with Gasteiger partial charge in [-0.3, -0.25) is 14.2 Å². The first-order valence-corrected chi connectivity index (χ1v) is 9.60. The Hall–Kier alpha value is -3.42. The van der Waals surface area contributed by atoms with Crippen molar-refractivity contribution in [2.24, 2.45) is 4.99 Å². The van der Waals surface area contributed by atoms with Crippen molar-refractivity contribution in [2.45, 2.75) is 39.7 Å². The number of carbonyl (C=O) groups excluding carboxylic acids is 1. The number of aryl methyl sites for hydroxylation is 2. The molecule has 0 unspecified atom stereocenters. The van der Waals surface area contributed by atoms with Crippen LogP contribution in [0.2, 0.25) is 0 Å². The number of benzene rings is 1. The molecule has 0 bridgehead atoms. The molecule has 4 rings (SSSR count). The number of halogens is 2. The lowest BCUT2D eigenvalue weighted by Gasteiger charge is -2.10. The van der Waals surface area contributed by atoms with Crippen molar-refractivity contribution in [2.75, 3.05) is 0 Å². The van der Waals surface area contributed by atoms with Crippen LogP contribution in [0.15, 0.2) is 41.7 Å². The molecule has 1 aromatic carbocycles. The molecule has 0 N–H and O–H groups in total. The zero-order valence-corrected chi connectivity index (χ0v) is 16.7. The van der Waals surface area contributed by atoms with E-state index in [1.807, 2.05) is 6.08 Å². The second kappa shape index (κ2) is 8.14. The molecular formula is C22H20F2N4O2. The standard InChI is InChI=1S/C22H20F2N4O2/c1-13-11-28-20(19(29)9-8-15-5-4-10-25-15)14(2)27-21(28)22(26-13)30-12-16-17(23)6-3-7-18(16)24/h3-4,6-7,10-11H,5,8-9,12H2,1-2H3. The average molecular weight is 410 g/mol. The third kappa shape index (κ3) is 3.85. The number of aromatic nitrogens is 3. The molecule has 0 saturated carbocycles. The summed E-state index contributed by atoms with van der Waals surface area (Å²) < 4.78 is 35.1. The van der Waals surface area contributed by atoms with Crippen LogP contribution in [0.4, 0.5) is 8.78 Å². The normalized spacial score (nSPS) is 13.1. The number of nitrogens with zero attached hydrogens (tertiary/aromatic N) is 4. The number of carbonyl (C=O) groups is 1. The van der Waals surface area contributed by atoms with Crippen molar-refractivity contribution in [1.82, 2.24) is 14.4 Å². The van der Waals surface area contributed by atoms with Crippen LogP contribution in [0, 0.1) is 25.5 Å². The summed E-state index contributed by atoms with van der Waals surface area (Å²) in [5.41, 5.74) is 2.69. The number of hydrogen-bond donors (Lipinski definition) is 0. The third-order valence-electron chi connectivity index (χ3n) is 4.91. The molecule has 2 aromatic heterocycles. The number of Topliss-reactive ketones (excluding diaryl/α,β-unsaturated/α-hetero) is 1. The lowest BCUT2D eigenvalue weighted by molar-refractivity contribution is 0.0978. The number of allylic oxidation sites excluding steroid dienone is 1. The number of rotatable bonds is 7. The van der Waals surface area contributed by atoms with E-state index < -0.39 is 11.6 Å².